The van der Waals surface area contributed by atoms with Crippen molar-refractivity contribution in [2.24, 2.45) is 0 Å². The fourth-order valence-corrected chi connectivity index (χ4v) is 2.65. The summed E-state index contributed by atoms with van der Waals surface area (Å²) in [6.45, 7) is 2.80. The maximum Gasteiger partial charge on any atom is 0.275 e. The number of hydrogen-bond donors (Lipinski definition) is 1. The third kappa shape index (κ3) is 4.08. The van der Waals surface area contributed by atoms with Crippen LogP contribution in [0.4, 0.5) is 0 Å². The highest BCUT2D eigenvalue weighted by Crippen LogP contribution is 2.15. The van der Waals surface area contributed by atoms with E-state index in [1.165, 1.54) is 0 Å². The lowest BCUT2D eigenvalue weighted by molar-refractivity contribution is 0.0722. The predicted molar refractivity (Wildman–Crippen MR) is 95.3 cm³/mol. The number of aromatic nitrogens is 3. The fourth-order valence-electron chi connectivity index (χ4n) is 2.39. The molecule has 0 radical (unpaired) electrons. The van der Waals surface area contributed by atoms with E-state index in [0.29, 0.717) is 18.8 Å². The van der Waals surface area contributed by atoms with Crippen LogP contribution < -0.4 is 0 Å². The van der Waals surface area contributed by atoms with E-state index >= 15 is 0 Å². The molecule has 2 heterocycles. The molecule has 1 amide bonds. The first-order valence-electron chi connectivity index (χ1n) is 7.57. The predicted octanol–water partition coefficient (Wildman–Crippen LogP) is 3.72. The molecule has 6 heteroatoms. The first-order valence-corrected chi connectivity index (χ1v) is 8.37. The summed E-state index contributed by atoms with van der Waals surface area (Å²) < 4.78 is 1.01. The van der Waals surface area contributed by atoms with Crippen molar-refractivity contribution in [2.75, 3.05) is 0 Å². The average Bonchev–Trinajstić information content (AvgIpc) is 3.03. The fraction of sp³-hybridized carbons (Fsp3) is 0.167. The molecule has 0 saturated heterocycles. The molecule has 5 nitrogen and oxygen atoms in total. The zero-order valence-electron chi connectivity index (χ0n) is 13.2. The summed E-state index contributed by atoms with van der Waals surface area (Å²) in [5.41, 5.74) is 3.17. The highest BCUT2D eigenvalue weighted by Gasteiger charge is 2.19. The zero-order chi connectivity index (χ0) is 16.9. The minimum absolute atomic E-state index is 0.118. The first-order chi connectivity index (χ1) is 11.6. The Morgan fingerprint density at radius 1 is 1.17 bits per heavy atom. The van der Waals surface area contributed by atoms with Crippen LogP contribution in [-0.2, 0) is 13.1 Å². The van der Waals surface area contributed by atoms with Crippen LogP contribution in [0.1, 0.15) is 27.4 Å². The Hall–Kier alpha value is -2.47. The van der Waals surface area contributed by atoms with Crippen LogP contribution in [0.25, 0.3) is 0 Å². The smallest absolute Gasteiger partial charge is 0.275 e. The van der Waals surface area contributed by atoms with Crippen LogP contribution in [0.3, 0.4) is 0 Å². The van der Waals surface area contributed by atoms with Crippen LogP contribution in [0, 0.1) is 6.92 Å². The molecule has 24 heavy (non-hydrogen) atoms. The van der Waals surface area contributed by atoms with Crippen molar-refractivity contribution in [1.82, 2.24) is 20.1 Å². The van der Waals surface area contributed by atoms with Crippen LogP contribution in [0.15, 0.2) is 59.2 Å². The van der Waals surface area contributed by atoms with Gasteiger partial charge in [-0.3, -0.25) is 14.9 Å². The lowest BCUT2D eigenvalue weighted by Crippen LogP contribution is -2.30. The van der Waals surface area contributed by atoms with Crippen molar-refractivity contribution >= 4 is 21.8 Å². The number of hydrogen-bond acceptors (Lipinski definition) is 3. The number of carbonyl (C=O) groups is 1. The molecule has 0 fully saturated rings. The average molecular weight is 385 g/mol. The van der Waals surface area contributed by atoms with E-state index < -0.39 is 0 Å². The molecule has 0 saturated carbocycles. The van der Waals surface area contributed by atoms with Gasteiger partial charge in [0.1, 0.15) is 5.69 Å². The van der Waals surface area contributed by atoms with Gasteiger partial charge >= 0.3 is 0 Å². The van der Waals surface area contributed by atoms with E-state index in [9.17, 15) is 4.79 Å². The summed E-state index contributed by atoms with van der Waals surface area (Å²) in [5.74, 6) is -0.118. The summed E-state index contributed by atoms with van der Waals surface area (Å²) in [6.07, 6.45) is 1.73. The second-order valence-corrected chi connectivity index (χ2v) is 6.46. The van der Waals surface area contributed by atoms with Crippen molar-refractivity contribution in [3.63, 3.8) is 0 Å². The molecule has 0 spiro atoms. The van der Waals surface area contributed by atoms with Gasteiger partial charge in [0.25, 0.3) is 5.91 Å². The van der Waals surface area contributed by atoms with Crippen molar-refractivity contribution in [3.05, 3.63) is 81.8 Å². The van der Waals surface area contributed by atoms with Crippen molar-refractivity contribution < 1.29 is 4.79 Å². The van der Waals surface area contributed by atoms with Gasteiger partial charge in [0, 0.05) is 22.9 Å². The lowest BCUT2D eigenvalue weighted by Gasteiger charge is -2.21. The molecule has 0 bridgehead atoms. The molecular weight excluding hydrogens is 368 g/mol. The third-order valence-corrected chi connectivity index (χ3v) is 4.11. The van der Waals surface area contributed by atoms with Gasteiger partial charge in [-0.05, 0) is 42.8 Å². The third-order valence-electron chi connectivity index (χ3n) is 3.58. The number of nitrogens with zero attached hydrogens (tertiary/aromatic N) is 3. The number of aromatic amines is 1. The van der Waals surface area contributed by atoms with Gasteiger partial charge in [0.05, 0.1) is 12.2 Å². The number of H-pyrrole nitrogens is 1. The number of nitrogens with one attached hydrogen (secondary N) is 1. The highest BCUT2D eigenvalue weighted by molar-refractivity contribution is 9.10. The van der Waals surface area contributed by atoms with Crippen LogP contribution in [0.5, 0.6) is 0 Å². The molecule has 1 aromatic carbocycles. The summed E-state index contributed by atoms with van der Waals surface area (Å²) in [6, 6.07) is 15.4. The maximum absolute atomic E-state index is 12.8. The number of pyridine rings is 1. The topological polar surface area (TPSA) is 61.9 Å². The zero-order valence-corrected chi connectivity index (χ0v) is 14.8. The number of rotatable bonds is 5. The second-order valence-electron chi connectivity index (χ2n) is 5.54. The quantitative estimate of drug-likeness (QED) is 0.728. The van der Waals surface area contributed by atoms with Gasteiger partial charge in [0.15, 0.2) is 0 Å². The largest absolute Gasteiger partial charge is 0.327 e. The van der Waals surface area contributed by atoms with Crippen molar-refractivity contribution in [3.8, 4) is 0 Å². The highest BCUT2D eigenvalue weighted by atomic mass is 79.9. The molecule has 2 aromatic heterocycles. The van der Waals surface area contributed by atoms with Gasteiger partial charge in [-0.2, -0.15) is 5.10 Å². The molecule has 0 aliphatic carbocycles. The number of amides is 1. The van der Waals surface area contributed by atoms with Gasteiger partial charge in [-0.25, -0.2) is 0 Å². The Labute approximate surface area is 148 Å². The Kier molecular flexibility index (Phi) is 5.05. The molecule has 3 aromatic rings. The molecule has 0 aliphatic rings. The molecule has 3 rings (SSSR count). The first kappa shape index (κ1) is 16.4. The Morgan fingerprint density at radius 2 is 1.96 bits per heavy atom. The summed E-state index contributed by atoms with van der Waals surface area (Å²) >= 11 is 3.43. The van der Waals surface area contributed by atoms with Crippen LogP contribution in [-0.4, -0.2) is 26.0 Å². The van der Waals surface area contributed by atoms with Crippen LogP contribution >= 0.6 is 15.9 Å². The van der Waals surface area contributed by atoms with Crippen molar-refractivity contribution in [1.29, 1.82) is 0 Å². The minimum Gasteiger partial charge on any atom is -0.327 e. The Bertz CT molecular complexity index is 815. The lowest BCUT2D eigenvalue weighted by atomic mass is 10.2. The van der Waals surface area contributed by atoms with Gasteiger partial charge < -0.3 is 4.90 Å². The number of benzene rings is 1. The van der Waals surface area contributed by atoms with E-state index in [1.807, 2.05) is 49.4 Å². The van der Waals surface area contributed by atoms with E-state index in [2.05, 4.69) is 31.1 Å². The van der Waals surface area contributed by atoms with E-state index in [-0.39, 0.29) is 5.91 Å². The van der Waals surface area contributed by atoms with E-state index in [0.717, 1.165) is 21.4 Å². The molecule has 0 aliphatic heterocycles. The molecular formula is C18H17BrN4O. The summed E-state index contributed by atoms with van der Waals surface area (Å²) in [5, 5.41) is 6.91. The number of halogens is 1. The molecule has 0 unspecified atom stereocenters. The molecule has 1 N–H and O–H groups in total. The Balaban J connectivity index is 1.85. The maximum atomic E-state index is 12.8. The van der Waals surface area contributed by atoms with Gasteiger partial charge in [-0.1, -0.05) is 34.1 Å². The van der Waals surface area contributed by atoms with Crippen molar-refractivity contribution in [2.45, 2.75) is 20.0 Å². The van der Waals surface area contributed by atoms with E-state index in [1.54, 1.807) is 17.2 Å². The monoisotopic (exact) mass is 384 g/mol. The summed E-state index contributed by atoms with van der Waals surface area (Å²) in [7, 11) is 0. The Morgan fingerprint density at radius 3 is 2.58 bits per heavy atom. The standard InChI is InChI=1S/C18H17BrN4O/c1-13-10-17(22-21-13)18(24)23(12-16-4-2-3-9-20-16)11-14-5-7-15(19)8-6-14/h2-10H,11-12H2,1H3,(H,21,22). The normalized spacial score (nSPS) is 10.6. The van der Waals surface area contributed by atoms with Gasteiger partial charge in [0.2, 0.25) is 0 Å². The minimum atomic E-state index is -0.118. The number of carbonyl (C=O) groups excluding carboxylic acids is 1. The molecule has 122 valence electrons. The van der Waals surface area contributed by atoms with E-state index in [4.69, 9.17) is 0 Å². The van der Waals surface area contributed by atoms with Crippen LogP contribution in [0.2, 0.25) is 0 Å². The second kappa shape index (κ2) is 7.40. The molecule has 0 atom stereocenters. The number of aryl methyl sites for hydroxylation is 1. The summed E-state index contributed by atoms with van der Waals surface area (Å²) in [4.78, 5) is 18.9. The van der Waals surface area contributed by atoms with Gasteiger partial charge in [-0.15, -0.1) is 0 Å². The SMILES string of the molecule is Cc1cc(C(=O)N(Cc2ccc(Br)cc2)Cc2ccccn2)n[nH]1.